The van der Waals surface area contributed by atoms with Gasteiger partial charge in [0.1, 0.15) is 11.6 Å². The van der Waals surface area contributed by atoms with Crippen LogP contribution in [-0.2, 0) is 21.2 Å². The summed E-state index contributed by atoms with van der Waals surface area (Å²) >= 11 is 1.23. The third-order valence-electron chi connectivity index (χ3n) is 4.42. The van der Waals surface area contributed by atoms with Crippen molar-refractivity contribution in [1.29, 1.82) is 0 Å². The molecule has 0 aliphatic carbocycles. The number of aromatic nitrogens is 3. The zero-order chi connectivity index (χ0) is 20.3. The van der Waals surface area contributed by atoms with Crippen LogP contribution < -0.4 is 5.32 Å². The van der Waals surface area contributed by atoms with Crippen molar-refractivity contribution in [2.75, 3.05) is 16.8 Å². The summed E-state index contributed by atoms with van der Waals surface area (Å²) in [6.07, 6.45) is 2.20. The monoisotopic (exact) mass is 424 g/mol. The number of rotatable bonds is 7. The SMILES string of the molecule is C=CCn1c(S[C@H](C)C(=O)Nc2ccc(F)cc2)nnc1[C@@H]1CCS(=O)(=O)C1. The molecule has 0 spiro atoms. The molecule has 1 N–H and O–H groups in total. The molecular weight excluding hydrogens is 403 g/mol. The first-order chi connectivity index (χ1) is 13.3. The van der Waals surface area contributed by atoms with Crippen LogP contribution in [0.2, 0.25) is 0 Å². The molecule has 150 valence electrons. The van der Waals surface area contributed by atoms with Crippen molar-refractivity contribution >= 4 is 33.2 Å². The number of benzene rings is 1. The molecule has 0 bridgehead atoms. The number of sulfone groups is 1. The van der Waals surface area contributed by atoms with Crippen molar-refractivity contribution in [3.8, 4) is 0 Å². The lowest BCUT2D eigenvalue weighted by atomic mass is 10.1. The highest BCUT2D eigenvalue weighted by atomic mass is 32.2. The van der Waals surface area contributed by atoms with E-state index in [4.69, 9.17) is 0 Å². The quantitative estimate of drug-likeness (QED) is 0.542. The standard InChI is InChI=1S/C18H21FN4O3S2/c1-3-9-23-16(13-8-10-28(25,26)11-13)21-22-18(23)27-12(2)17(24)20-15-6-4-14(19)5-7-15/h3-7,12-13H,1,8-11H2,2H3,(H,20,24)/t12-,13-/m1/s1. The Balaban J connectivity index is 1.73. The fourth-order valence-corrected chi connectivity index (χ4v) is 5.58. The van der Waals surface area contributed by atoms with Crippen LogP contribution in [0, 0.1) is 5.82 Å². The molecule has 1 aliphatic rings. The lowest BCUT2D eigenvalue weighted by Gasteiger charge is -2.14. The van der Waals surface area contributed by atoms with Crippen LogP contribution in [0.4, 0.5) is 10.1 Å². The Kier molecular flexibility index (Phi) is 6.19. The minimum Gasteiger partial charge on any atom is -0.325 e. The molecule has 2 atom stereocenters. The second kappa shape index (κ2) is 8.44. The van der Waals surface area contributed by atoms with Crippen LogP contribution in [0.15, 0.2) is 42.1 Å². The highest BCUT2D eigenvalue weighted by Gasteiger charge is 2.33. The van der Waals surface area contributed by atoms with E-state index in [2.05, 4.69) is 22.1 Å². The fourth-order valence-electron chi connectivity index (χ4n) is 2.98. The van der Waals surface area contributed by atoms with Crippen LogP contribution in [-0.4, -0.2) is 45.8 Å². The van der Waals surface area contributed by atoms with Crippen LogP contribution in [0.5, 0.6) is 0 Å². The van der Waals surface area contributed by atoms with Gasteiger partial charge in [0.05, 0.1) is 16.8 Å². The van der Waals surface area contributed by atoms with Gasteiger partial charge in [0.2, 0.25) is 5.91 Å². The van der Waals surface area contributed by atoms with E-state index in [1.54, 1.807) is 13.0 Å². The molecule has 1 aromatic heterocycles. The van der Waals surface area contributed by atoms with Crippen molar-refractivity contribution in [3.05, 3.63) is 48.6 Å². The zero-order valence-electron chi connectivity index (χ0n) is 15.3. The molecule has 0 saturated carbocycles. The zero-order valence-corrected chi connectivity index (χ0v) is 17.0. The molecule has 1 saturated heterocycles. The van der Waals surface area contributed by atoms with E-state index in [0.29, 0.717) is 29.6 Å². The topological polar surface area (TPSA) is 93.9 Å². The molecular formula is C18H21FN4O3S2. The lowest BCUT2D eigenvalue weighted by Crippen LogP contribution is -2.23. The first-order valence-electron chi connectivity index (χ1n) is 8.76. The van der Waals surface area contributed by atoms with Gasteiger partial charge in [-0.3, -0.25) is 4.79 Å². The van der Waals surface area contributed by atoms with Crippen molar-refractivity contribution < 1.29 is 17.6 Å². The van der Waals surface area contributed by atoms with E-state index in [0.717, 1.165) is 0 Å². The molecule has 1 fully saturated rings. The van der Waals surface area contributed by atoms with E-state index < -0.39 is 15.1 Å². The summed E-state index contributed by atoms with van der Waals surface area (Å²) < 4.78 is 38.4. The molecule has 2 aromatic rings. The number of hydrogen-bond acceptors (Lipinski definition) is 6. The van der Waals surface area contributed by atoms with Gasteiger partial charge in [-0.2, -0.15) is 0 Å². The van der Waals surface area contributed by atoms with E-state index in [9.17, 15) is 17.6 Å². The maximum absolute atomic E-state index is 13.0. The van der Waals surface area contributed by atoms with Gasteiger partial charge in [-0.1, -0.05) is 17.8 Å². The summed E-state index contributed by atoms with van der Waals surface area (Å²) in [6.45, 7) is 5.89. The molecule has 1 amide bonds. The number of nitrogens with one attached hydrogen (secondary N) is 1. The van der Waals surface area contributed by atoms with Gasteiger partial charge < -0.3 is 9.88 Å². The first-order valence-corrected chi connectivity index (χ1v) is 11.5. The van der Waals surface area contributed by atoms with E-state index in [-0.39, 0.29) is 29.1 Å². The minimum absolute atomic E-state index is 0.0630. The Morgan fingerprint density at radius 1 is 1.43 bits per heavy atom. The van der Waals surface area contributed by atoms with Gasteiger partial charge >= 0.3 is 0 Å². The molecule has 7 nitrogen and oxygen atoms in total. The van der Waals surface area contributed by atoms with Crippen molar-refractivity contribution in [1.82, 2.24) is 14.8 Å². The average molecular weight is 425 g/mol. The second-order valence-electron chi connectivity index (χ2n) is 6.60. The third-order valence-corrected chi connectivity index (χ3v) is 7.27. The molecule has 28 heavy (non-hydrogen) atoms. The molecule has 2 heterocycles. The number of amides is 1. The van der Waals surface area contributed by atoms with Gasteiger partial charge in [0.25, 0.3) is 0 Å². The van der Waals surface area contributed by atoms with Crippen molar-refractivity contribution in [2.24, 2.45) is 0 Å². The summed E-state index contributed by atoms with van der Waals surface area (Å²) in [5.41, 5.74) is 0.503. The summed E-state index contributed by atoms with van der Waals surface area (Å²) in [5, 5.41) is 11.1. The molecule has 3 rings (SSSR count). The fraction of sp³-hybridized carbons (Fsp3) is 0.389. The minimum atomic E-state index is -3.04. The Morgan fingerprint density at radius 2 is 2.14 bits per heavy atom. The highest BCUT2D eigenvalue weighted by molar-refractivity contribution is 8.00. The lowest BCUT2D eigenvalue weighted by molar-refractivity contribution is -0.115. The van der Waals surface area contributed by atoms with Gasteiger partial charge in [0.15, 0.2) is 15.0 Å². The summed E-state index contributed by atoms with van der Waals surface area (Å²) in [6, 6.07) is 5.53. The van der Waals surface area contributed by atoms with Gasteiger partial charge in [-0.25, -0.2) is 12.8 Å². The summed E-state index contributed by atoms with van der Waals surface area (Å²) in [5.74, 6) is -0.00980. The number of thioether (sulfide) groups is 1. The predicted molar refractivity (Wildman–Crippen MR) is 107 cm³/mol. The Labute approximate surface area is 167 Å². The normalized spacial score (nSPS) is 19.3. The Hall–Kier alpha value is -2.20. The van der Waals surface area contributed by atoms with Gasteiger partial charge in [0, 0.05) is 18.2 Å². The predicted octanol–water partition coefficient (Wildman–Crippen LogP) is 2.62. The van der Waals surface area contributed by atoms with Crippen LogP contribution in [0.3, 0.4) is 0 Å². The molecule has 10 heteroatoms. The van der Waals surface area contributed by atoms with Crippen molar-refractivity contribution in [2.45, 2.75) is 36.2 Å². The molecule has 0 radical (unpaired) electrons. The summed E-state index contributed by atoms with van der Waals surface area (Å²) in [4.78, 5) is 12.4. The van der Waals surface area contributed by atoms with Crippen molar-refractivity contribution in [3.63, 3.8) is 0 Å². The van der Waals surface area contributed by atoms with E-state index in [1.165, 1.54) is 36.0 Å². The second-order valence-corrected chi connectivity index (χ2v) is 10.1. The van der Waals surface area contributed by atoms with E-state index in [1.807, 2.05) is 4.57 Å². The number of allylic oxidation sites excluding steroid dienone is 1. The first kappa shape index (κ1) is 20.5. The number of nitrogens with zero attached hydrogens (tertiary/aromatic N) is 3. The Morgan fingerprint density at radius 3 is 2.75 bits per heavy atom. The largest absolute Gasteiger partial charge is 0.325 e. The van der Waals surface area contributed by atoms with Gasteiger partial charge in [-0.05, 0) is 37.6 Å². The smallest absolute Gasteiger partial charge is 0.237 e. The number of anilines is 1. The maximum Gasteiger partial charge on any atom is 0.237 e. The maximum atomic E-state index is 13.0. The Bertz CT molecular complexity index is 973. The van der Waals surface area contributed by atoms with Crippen LogP contribution >= 0.6 is 11.8 Å². The summed E-state index contributed by atoms with van der Waals surface area (Å²) in [7, 11) is -3.04. The number of carbonyl (C=O) groups is 1. The molecule has 0 unspecified atom stereocenters. The number of hydrogen-bond donors (Lipinski definition) is 1. The molecule has 1 aromatic carbocycles. The highest BCUT2D eigenvalue weighted by Crippen LogP contribution is 2.31. The van der Waals surface area contributed by atoms with Crippen LogP contribution in [0.25, 0.3) is 0 Å². The van der Waals surface area contributed by atoms with Gasteiger partial charge in [-0.15, -0.1) is 16.8 Å². The van der Waals surface area contributed by atoms with Crippen LogP contribution in [0.1, 0.15) is 25.1 Å². The molecule has 1 aliphatic heterocycles. The number of halogens is 1. The van der Waals surface area contributed by atoms with E-state index >= 15 is 0 Å². The number of carbonyl (C=O) groups excluding carboxylic acids is 1. The average Bonchev–Trinajstić information content (AvgIpc) is 3.20. The third kappa shape index (κ3) is 4.79.